The van der Waals surface area contributed by atoms with Gasteiger partial charge in [0.25, 0.3) is 5.91 Å². The van der Waals surface area contributed by atoms with Crippen LogP contribution in [-0.4, -0.2) is 37.0 Å². The SMILES string of the molecule is O=C(O)Nc1c[nH]c2c(C(=O)NCc3ccc4oc(=O)[nH]c4c3)ncnc12. The van der Waals surface area contributed by atoms with E-state index >= 15 is 0 Å². The summed E-state index contributed by atoms with van der Waals surface area (Å²) in [5.74, 6) is -1.01. The summed E-state index contributed by atoms with van der Waals surface area (Å²) in [7, 11) is 0. The number of carbonyl (C=O) groups is 2. The van der Waals surface area contributed by atoms with Gasteiger partial charge in [0.05, 0.1) is 16.7 Å². The van der Waals surface area contributed by atoms with Crippen molar-refractivity contribution in [3.63, 3.8) is 0 Å². The molecule has 0 saturated carbocycles. The minimum atomic E-state index is -1.24. The van der Waals surface area contributed by atoms with Crippen molar-refractivity contribution in [2.45, 2.75) is 6.54 Å². The van der Waals surface area contributed by atoms with Crippen LogP contribution in [0.4, 0.5) is 10.5 Å². The summed E-state index contributed by atoms with van der Waals surface area (Å²) in [5, 5.41) is 13.8. The molecule has 0 aliphatic rings. The van der Waals surface area contributed by atoms with Gasteiger partial charge in [0.2, 0.25) is 0 Å². The average molecular weight is 368 g/mol. The number of benzene rings is 1. The van der Waals surface area contributed by atoms with E-state index in [9.17, 15) is 14.4 Å². The molecule has 0 unspecified atom stereocenters. The van der Waals surface area contributed by atoms with E-state index in [1.54, 1.807) is 18.2 Å². The Morgan fingerprint density at radius 2 is 2.11 bits per heavy atom. The van der Waals surface area contributed by atoms with E-state index in [0.29, 0.717) is 16.6 Å². The Morgan fingerprint density at radius 1 is 1.26 bits per heavy atom. The minimum absolute atomic E-state index is 0.0798. The van der Waals surface area contributed by atoms with Crippen LogP contribution >= 0.6 is 0 Å². The summed E-state index contributed by atoms with van der Waals surface area (Å²) in [6.07, 6.45) is 1.33. The highest BCUT2D eigenvalue weighted by Gasteiger charge is 2.17. The zero-order valence-corrected chi connectivity index (χ0v) is 13.6. The lowest BCUT2D eigenvalue weighted by molar-refractivity contribution is 0.0947. The Labute approximate surface area is 149 Å². The van der Waals surface area contributed by atoms with Crippen LogP contribution < -0.4 is 16.4 Å². The summed E-state index contributed by atoms with van der Waals surface area (Å²) in [6.45, 7) is 0.189. The van der Waals surface area contributed by atoms with Gasteiger partial charge in [-0.1, -0.05) is 6.07 Å². The average Bonchev–Trinajstić information content (AvgIpc) is 3.21. The monoisotopic (exact) mass is 368 g/mol. The van der Waals surface area contributed by atoms with Crippen molar-refractivity contribution in [2.75, 3.05) is 5.32 Å². The number of fused-ring (bicyclic) bond motifs is 2. The molecule has 0 bridgehead atoms. The second-order valence-electron chi connectivity index (χ2n) is 5.61. The van der Waals surface area contributed by atoms with Crippen LogP contribution in [0.25, 0.3) is 22.1 Å². The number of hydrogen-bond donors (Lipinski definition) is 5. The number of carboxylic acid groups (broad SMARTS) is 1. The predicted molar refractivity (Wildman–Crippen MR) is 93.5 cm³/mol. The van der Waals surface area contributed by atoms with Gasteiger partial charge in [0, 0.05) is 12.7 Å². The number of oxazole rings is 1. The number of amides is 2. The molecule has 1 aromatic carbocycles. The van der Waals surface area contributed by atoms with Gasteiger partial charge in [-0.05, 0) is 17.7 Å². The van der Waals surface area contributed by atoms with Crippen molar-refractivity contribution >= 4 is 39.8 Å². The van der Waals surface area contributed by atoms with E-state index in [0.717, 1.165) is 5.56 Å². The molecule has 0 atom stereocenters. The molecule has 136 valence electrons. The van der Waals surface area contributed by atoms with E-state index in [1.165, 1.54) is 12.5 Å². The van der Waals surface area contributed by atoms with Gasteiger partial charge >= 0.3 is 11.8 Å². The minimum Gasteiger partial charge on any atom is -0.465 e. The third-order valence-electron chi connectivity index (χ3n) is 3.86. The third-order valence-corrected chi connectivity index (χ3v) is 3.86. The molecule has 11 heteroatoms. The molecule has 0 radical (unpaired) electrons. The molecule has 27 heavy (non-hydrogen) atoms. The maximum Gasteiger partial charge on any atom is 0.417 e. The maximum atomic E-state index is 12.5. The maximum absolute atomic E-state index is 12.5. The van der Waals surface area contributed by atoms with Crippen LogP contribution in [-0.2, 0) is 6.54 Å². The fourth-order valence-electron chi connectivity index (χ4n) is 2.70. The van der Waals surface area contributed by atoms with Gasteiger partial charge in [-0.25, -0.2) is 19.6 Å². The van der Waals surface area contributed by atoms with Crippen LogP contribution in [0.1, 0.15) is 16.1 Å². The largest absolute Gasteiger partial charge is 0.465 e. The fraction of sp³-hybridized carbons (Fsp3) is 0.0625. The standard InChI is InChI=1S/C16H12N6O5/c23-14(18-4-7-1-2-10-8(3-7)22-16(26)27-10)13-12-11(19-6-20-13)9(5-17-12)21-15(24)25/h1-3,5-6,17,21H,4H2,(H,18,23)(H,22,26)(H,24,25). The fourth-order valence-corrected chi connectivity index (χ4v) is 2.70. The van der Waals surface area contributed by atoms with Crippen molar-refractivity contribution in [1.29, 1.82) is 0 Å². The molecular weight excluding hydrogens is 356 g/mol. The van der Waals surface area contributed by atoms with Crippen molar-refractivity contribution in [2.24, 2.45) is 0 Å². The van der Waals surface area contributed by atoms with Crippen molar-refractivity contribution < 1.29 is 19.1 Å². The van der Waals surface area contributed by atoms with Gasteiger partial charge in [-0.3, -0.25) is 15.1 Å². The number of aromatic amines is 2. The summed E-state index contributed by atoms with van der Waals surface area (Å²) in [4.78, 5) is 47.8. The zero-order valence-electron chi connectivity index (χ0n) is 13.6. The summed E-state index contributed by atoms with van der Waals surface area (Å²) < 4.78 is 4.93. The van der Waals surface area contributed by atoms with Gasteiger partial charge in [0.15, 0.2) is 11.3 Å². The molecule has 0 saturated heterocycles. The first kappa shape index (κ1) is 16.3. The second kappa shape index (κ2) is 6.29. The first-order chi connectivity index (χ1) is 13.0. The summed E-state index contributed by atoms with van der Waals surface area (Å²) in [5.41, 5.74) is 2.61. The highest BCUT2D eigenvalue weighted by atomic mass is 16.4. The van der Waals surface area contributed by atoms with Gasteiger partial charge in [-0.15, -0.1) is 0 Å². The molecule has 0 aliphatic heterocycles. The van der Waals surface area contributed by atoms with Crippen LogP contribution in [0, 0.1) is 0 Å². The molecule has 4 rings (SSSR count). The molecule has 5 N–H and O–H groups in total. The van der Waals surface area contributed by atoms with Gasteiger partial charge in [-0.2, -0.15) is 0 Å². The predicted octanol–water partition coefficient (Wildman–Crippen LogP) is 1.41. The first-order valence-electron chi connectivity index (χ1n) is 7.73. The summed E-state index contributed by atoms with van der Waals surface area (Å²) >= 11 is 0. The van der Waals surface area contributed by atoms with E-state index in [-0.39, 0.29) is 23.4 Å². The lowest BCUT2D eigenvalue weighted by Crippen LogP contribution is -2.24. The van der Waals surface area contributed by atoms with Gasteiger partial charge in [0.1, 0.15) is 11.8 Å². The van der Waals surface area contributed by atoms with E-state index in [2.05, 4.69) is 30.6 Å². The molecule has 3 aromatic heterocycles. The Morgan fingerprint density at radius 3 is 2.93 bits per heavy atom. The Balaban J connectivity index is 1.56. The van der Waals surface area contributed by atoms with Gasteiger partial charge < -0.3 is 19.8 Å². The van der Waals surface area contributed by atoms with Crippen molar-refractivity contribution in [3.8, 4) is 0 Å². The smallest absolute Gasteiger partial charge is 0.417 e. The van der Waals surface area contributed by atoms with Crippen LogP contribution in [0.15, 0.2) is 39.9 Å². The highest BCUT2D eigenvalue weighted by molar-refractivity contribution is 6.07. The van der Waals surface area contributed by atoms with Crippen LogP contribution in [0.5, 0.6) is 0 Å². The number of carbonyl (C=O) groups excluding carboxylic acids is 1. The zero-order chi connectivity index (χ0) is 19.0. The number of H-pyrrole nitrogens is 2. The number of hydrogen-bond acceptors (Lipinski definition) is 6. The molecule has 0 spiro atoms. The number of nitrogens with one attached hydrogen (secondary N) is 4. The molecule has 11 nitrogen and oxygen atoms in total. The lowest BCUT2D eigenvalue weighted by atomic mass is 10.2. The number of rotatable bonds is 4. The third kappa shape index (κ3) is 3.08. The topological polar surface area (TPSA) is 166 Å². The Kier molecular flexibility index (Phi) is 3.81. The van der Waals surface area contributed by atoms with E-state index in [1.807, 2.05) is 0 Å². The number of nitrogens with zero attached hydrogens (tertiary/aromatic N) is 2. The molecule has 0 aliphatic carbocycles. The molecule has 3 heterocycles. The second-order valence-corrected chi connectivity index (χ2v) is 5.61. The van der Waals surface area contributed by atoms with E-state index in [4.69, 9.17) is 9.52 Å². The number of aromatic nitrogens is 4. The first-order valence-corrected chi connectivity index (χ1v) is 7.73. The highest BCUT2D eigenvalue weighted by Crippen LogP contribution is 2.22. The van der Waals surface area contributed by atoms with Crippen LogP contribution in [0.3, 0.4) is 0 Å². The Bertz CT molecular complexity index is 1240. The van der Waals surface area contributed by atoms with Crippen LogP contribution in [0.2, 0.25) is 0 Å². The van der Waals surface area contributed by atoms with Crippen molar-refractivity contribution in [1.82, 2.24) is 25.3 Å². The number of anilines is 1. The quantitative estimate of drug-likeness (QED) is 0.363. The summed E-state index contributed by atoms with van der Waals surface area (Å²) in [6, 6.07) is 5.05. The normalized spacial score (nSPS) is 11.0. The molecular formula is C16H12N6O5. The van der Waals surface area contributed by atoms with E-state index < -0.39 is 17.8 Å². The molecule has 2 amide bonds. The lowest BCUT2D eigenvalue weighted by Gasteiger charge is -2.06. The Hall–Kier alpha value is -4.15. The molecule has 0 fully saturated rings. The molecule has 4 aromatic rings. The van der Waals surface area contributed by atoms with Crippen molar-refractivity contribution in [3.05, 3.63) is 52.5 Å².